The summed E-state index contributed by atoms with van der Waals surface area (Å²) >= 11 is 0. The zero-order valence-electron chi connectivity index (χ0n) is 13.2. The molecule has 0 saturated heterocycles. The molecule has 108 valence electrons. The smallest absolute Gasteiger partial charge is 0.00353 e. The SMILES string of the molecule is CC1C2=C(CC3=C(C2)c2ccccc2C3C)c2ccccc21. The number of fused-ring (bicyclic) bond motifs is 4. The van der Waals surface area contributed by atoms with E-state index in [0.29, 0.717) is 11.8 Å². The highest BCUT2D eigenvalue weighted by molar-refractivity contribution is 5.91. The second kappa shape index (κ2) is 4.23. The minimum absolute atomic E-state index is 0.586. The number of allylic oxidation sites excluding steroid dienone is 4. The van der Waals surface area contributed by atoms with E-state index in [0.717, 1.165) is 12.8 Å². The van der Waals surface area contributed by atoms with E-state index in [9.17, 15) is 0 Å². The Kier molecular flexibility index (Phi) is 2.39. The summed E-state index contributed by atoms with van der Waals surface area (Å²) in [4.78, 5) is 0. The minimum Gasteiger partial charge on any atom is -0.0619 e. The molecule has 0 heteroatoms. The molecule has 0 bridgehead atoms. The van der Waals surface area contributed by atoms with Crippen LogP contribution in [0.5, 0.6) is 0 Å². The molecule has 0 amide bonds. The van der Waals surface area contributed by atoms with Crippen molar-refractivity contribution in [1.82, 2.24) is 0 Å². The molecule has 2 unspecified atom stereocenters. The van der Waals surface area contributed by atoms with E-state index in [2.05, 4.69) is 62.4 Å². The van der Waals surface area contributed by atoms with Crippen molar-refractivity contribution in [3.05, 3.63) is 81.9 Å². The van der Waals surface area contributed by atoms with Gasteiger partial charge in [-0.1, -0.05) is 73.5 Å². The molecule has 0 saturated carbocycles. The Bertz CT molecular complexity index is 790. The Morgan fingerprint density at radius 1 is 0.636 bits per heavy atom. The van der Waals surface area contributed by atoms with Crippen molar-refractivity contribution < 1.29 is 0 Å². The van der Waals surface area contributed by atoms with Crippen LogP contribution < -0.4 is 0 Å². The van der Waals surface area contributed by atoms with Crippen LogP contribution in [0.1, 0.15) is 60.8 Å². The molecule has 22 heavy (non-hydrogen) atoms. The van der Waals surface area contributed by atoms with Gasteiger partial charge in [0.2, 0.25) is 0 Å². The highest BCUT2D eigenvalue weighted by Crippen LogP contribution is 2.56. The molecule has 0 aromatic heterocycles. The highest BCUT2D eigenvalue weighted by Gasteiger charge is 2.37. The fourth-order valence-corrected chi connectivity index (χ4v) is 4.86. The first kappa shape index (κ1) is 12.5. The van der Waals surface area contributed by atoms with Gasteiger partial charge in [0, 0.05) is 11.8 Å². The first-order chi connectivity index (χ1) is 10.8. The molecule has 0 fully saturated rings. The van der Waals surface area contributed by atoms with Gasteiger partial charge in [-0.2, -0.15) is 0 Å². The largest absolute Gasteiger partial charge is 0.0619 e. The number of benzene rings is 2. The second-order valence-electron chi connectivity index (χ2n) is 6.98. The summed E-state index contributed by atoms with van der Waals surface area (Å²) in [5.74, 6) is 1.17. The van der Waals surface area contributed by atoms with Crippen LogP contribution in [0.25, 0.3) is 11.1 Å². The molecule has 2 aromatic carbocycles. The van der Waals surface area contributed by atoms with Crippen molar-refractivity contribution in [3.8, 4) is 0 Å². The van der Waals surface area contributed by atoms with E-state index >= 15 is 0 Å². The van der Waals surface area contributed by atoms with Crippen molar-refractivity contribution in [1.29, 1.82) is 0 Å². The normalized spacial score (nSPS) is 25.0. The van der Waals surface area contributed by atoms with Gasteiger partial charge in [-0.25, -0.2) is 0 Å². The van der Waals surface area contributed by atoms with Crippen molar-refractivity contribution in [2.45, 2.75) is 38.5 Å². The highest BCUT2D eigenvalue weighted by atomic mass is 14.4. The lowest BCUT2D eigenvalue weighted by atomic mass is 9.82. The Hall–Kier alpha value is -2.08. The van der Waals surface area contributed by atoms with E-state index in [1.54, 1.807) is 22.3 Å². The van der Waals surface area contributed by atoms with Crippen molar-refractivity contribution >= 4 is 11.1 Å². The molecular formula is C22H20. The molecule has 3 aliphatic rings. The lowest BCUT2D eigenvalue weighted by Gasteiger charge is -2.22. The van der Waals surface area contributed by atoms with Crippen LogP contribution in [0.4, 0.5) is 0 Å². The molecule has 5 rings (SSSR count). The summed E-state index contributed by atoms with van der Waals surface area (Å²) in [5.41, 5.74) is 12.7. The average molecular weight is 284 g/mol. The van der Waals surface area contributed by atoms with Crippen LogP contribution >= 0.6 is 0 Å². The van der Waals surface area contributed by atoms with E-state index in [1.807, 2.05) is 0 Å². The van der Waals surface area contributed by atoms with Crippen molar-refractivity contribution in [2.75, 3.05) is 0 Å². The molecule has 0 nitrogen and oxygen atoms in total. The lowest BCUT2D eigenvalue weighted by molar-refractivity contribution is 0.857. The molecule has 0 aliphatic heterocycles. The Morgan fingerprint density at radius 2 is 1.05 bits per heavy atom. The molecule has 0 spiro atoms. The number of hydrogen-bond donors (Lipinski definition) is 0. The predicted octanol–water partition coefficient (Wildman–Crippen LogP) is 5.92. The second-order valence-corrected chi connectivity index (χ2v) is 6.98. The Morgan fingerprint density at radius 3 is 1.50 bits per heavy atom. The topological polar surface area (TPSA) is 0 Å². The Labute approximate surface area is 132 Å². The third-order valence-electron chi connectivity index (χ3n) is 6.06. The summed E-state index contributed by atoms with van der Waals surface area (Å²) in [6.45, 7) is 4.77. The summed E-state index contributed by atoms with van der Waals surface area (Å²) in [6, 6.07) is 18.1. The summed E-state index contributed by atoms with van der Waals surface area (Å²) in [7, 11) is 0. The maximum atomic E-state index is 2.39. The summed E-state index contributed by atoms with van der Waals surface area (Å²) in [6.07, 6.45) is 2.31. The van der Waals surface area contributed by atoms with Gasteiger partial charge in [-0.15, -0.1) is 0 Å². The van der Waals surface area contributed by atoms with Gasteiger partial charge >= 0.3 is 0 Å². The van der Waals surface area contributed by atoms with Crippen LogP contribution in [0.15, 0.2) is 59.7 Å². The monoisotopic (exact) mass is 284 g/mol. The van der Waals surface area contributed by atoms with Crippen molar-refractivity contribution in [2.24, 2.45) is 0 Å². The lowest BCUT2D eigenvalue weighted by Crippen LogP contribution is -2.02. The maximum Gasteiger partial charge on any atom is 0.00353 e. The molecule has 2 aromatic rings. The molecule has 0 N–H and O–H groups in total. The zero-order chi connectivity index (χ0) is 14.8. The molecule has 2 atom stereocenters. The zero-order valence-corrected chi connectivity index (χ0v) is 13.2. The first-order valence-corrected chi connectivity index (χ1v) is 8.38. The van der Waals surface area contributed by atoms with Gasteiger partial charge < -0.3 is 0 Å². The molecule has 3 aliphatic carbocycles. The molecular weight excluding hydrogens is 264 g/mol. The maximum absolute atomic E-state index is 2.39. The fraction of sp³-hybridized carbons (Fsp3) is 0.273. The van der Waals surface area contributed by atoms with Gasteiger partial charge in [0.1, 0.15) is 0 Å². The van der Waals surface area contributed by atoms with Crippen LogP contribution in [0.2, 0.25) is 0 Å². The average Bonchev–Trinajstić information content (AvgIpc) is 3.01. The molecule has 0 heterocycles. The Balaban J connectivity index is 1.64. The summed E-state index contributed by atoms with van der Waals surface area (Å²) < 4.78 is 0. The van der Waals surface area contributed by atoms with Crippen LogP contribution in [0.3, 0.4) is 0 Å². The molecule has 0 radical (unpaired) electrons. The van der Waals surface area contributed by atoms with E-state index in [1.165, 1.54) is 22.3 Å². The van der Waals surface area contributed by atoms with Crippen molar-refractivity contribution in [3.63, 3.8) is 0 Å². The van der Waals surface area contributed by atoms with Crippen LogP contribution in [-0.4, -0.2) is 0 Å². The third kappa shape index (κ3) is 1.43. The van der Waals surface area contributed by atoms with E-state index in [4.69, 9.17) is 0 Å². The van der Waals surface area contributed by atoms with Crippen LogP contribution in [-0.2, 0) is 0 Å². The third-order valence-corrected chi connectivity index (χ3v) is 6.06. The van der Waals surface area contributed by atoms with Gasteiger partial charge in [0.05, 0.1) is 0 Å². The van der Waals surface area contributed by atoms with Gasteiger partial charge in [0.15, 0.2) is 0 Å². The van der Waals surface area contributed by atoms with Gasteiger partial charge in [0.25, 0.3) is 0 Å². The standard InChI is InChI=1S/C22H20/c1-13-15-7-3-5-9-17(15)21-12-20-14(2)16-8-4-6-10-18(16)22(20)11-19(13)21/h3-10,13-14H,11-12H2,1-2H3. The van der Waals surface area contributed by atoms with Gasteiger partial charge in [-0.05, 0) is 46.2 Å². The minimum atomic E-state index is 0.586. The predicted molar refractivity (Wildman–Crippen MR) is 92.8 cm³/mol. The van der Waals surface area contributed by atoms with Crippen LogP contribution in [0, 0.1) is 0 Å². The first-order valence-electron chi connectivity index (χ1n) is 8.38. The van der Waals surface area contributed by atoms with E-state index in [-0.39, 0.29) is 0 Å². The fourth-order valence-electron chi connectivity index (χ4n) is 4.86. The van der Waals surface area contributed by atoms with E-state index < -0.39 is 0 Å². The summed E-state index contributed by atoms with van der Waals surface area (Å²) in [5, 5.41) is 0. The quantitative estimate of drug-likeness (QED) is 0.563. The van der Waals surface area contributed by atoms with Gasteiger partial charge in [-0.3, -0.25) is 0 Å². The number of hydrogen-bond acceptors (Lipinski definition) is 0. The number of rotatable bonds is 0.